The van der Waals surface area contributed by atoms with Crippen molar-refractivity contribution in [1.82, 2.24) is 0 Å². The van der Waals surface area contributed by atoms with E-state index in [0.29, 0.717) is 0 Å². The zero-order chi connectivity index (χ0) is 33.7. The number of fused-ring (bicyclic) bond motifs is 5. The molecule has 0 fully saturated rings. The van der Waals surface area contributed by atoms with Gasteiger partial charge in [0.05, 0.1) is 0 Å². The van der Waals surface area contributed by atoms with E-state index >= 15 is 0 Å². The molecule has 0 atom stereocenters. The number of hydrogen-bond acceptors (Lipinski definition) is 1. The molecule has 238 valence electrons. The molecule has 51 heavy (non-hydrogen) atoms. The topological polar surface area (TPSA) is 13.1 Å². The lowest BCUT2D eigenvalue weighted by molar-refractivity contribution is 0.669. The molecule has 9 aromatic carbocycles. The minimum atomic E-state index is 0.889. The monoisotopic (exact) mass is 648 g/mol. The first-order valence-electron chi connectivity index (χ1n) is 17.5. The van der Waals surface area contributed by atoms with Crippen LogP contribution in [0.25, 0.3) is 99.1 Å². The summed E-state index contributed by atoms with van der Waals surface area (Å²) in [6.07, 6.45) is 0. The molecule has 0 amide bonds. The molecule has 0 saturated carbocycles. The van der Waals surface area contributed by atoms with E-state index in [-0.39, 0.29) is 0 Å². The molecule has 0 aliphatic rings. The minimum absolute atomic E-state index is 0.889. The highest BCUT2D eigenvalue weighted by Gasteiger charge is 2.18. The SMILES string of the molecule is c1ccc(-c2ccc(-c3ccccc3)c(-c3ccc4oc5ccc(-c6c7ccccc7c(-c7ccccc7)c7ccccc67)cc5c4c3)c2)cc1. The summed E-state index contributed by atoms with van der Waals surface area (Å²) < 4.78 is 6.49. The third-order valence-corrected chi connectivity index (χ3v) is 10.3. The predicted octanol–water partition coefficient (Wildman–Crippen LogP) is 14.2. The van der Waals surface area contributed by atoms with Gasteiger partial charge in [-0.25, -0.2) is 0 Å². The van der Waals surface area contributed by atoms with Gasteiger partial charge in [-0.15, -0.1) is 0 Å². The summed E-state index contributed by atoms with van der Waals surface area (Å²) in [6.45, 7) is 0. The standard InChI is InChI=1S/C50H32O/c1-4-14-33(15-5-1)36-24-27-39(34-16-6-2-7-17-34)44(30-36)37-25-28-47-45(31-37)46-32-38(26-29-48(46)51-47)50-42-22-12-10-20-40(42)49(35-18-8-3-9-19-35)41-21-11-13-23-43(41)50/h1-32H. The summed E-state index contributed by atoms with van der Waals surface area (Å²) in [7, 11) is 0. The maximum Gasteiger partial charge on any atom is 0.135 e. The van der Waals surface area contributed by atoms with Crippen LogP contribution < -0.4 is 0 Å². The second-order valence-electron chi connectivity index (χ2n) is 13.2. The van der Waals surface area contributed by atoms with Crippen LogP contribution in [0.4, 0.5) is 0 Å². The maximum absolute atomic E-state index is 6.49. The highest BCUT2D eigenvalue weighted by Crippen LogP contribution is 2.45. The Labute approximate surface area is 296 Å². The number of rotatable bonds is 5. The van der Waals surface area contributed by atoms with E-state index in [2.05, 4.69) is 194 Å². The molecule has 1 heterocycles. The Morgan fingerprint density at radius 2 is 0.667 bits per heavy atom. The van der Waals surface area contributed by atoms with Crippen LogP contribution in [0.5, 0.6) is 0 Å². The van der Waals surface area contributed by atoms with Gasteiger partial charge in [0.2, 0.25) is 0 Å². The largest absolute Gasteiger partial charge is 0.456 e. The van der Waals surface area contributed by atoms with Crippen molar-refractivity contribution in [3.05, 3.63) is 194 Å². The lowest BCUT2D eigenvalue weighted by Gasteiger charge is -2.17. The zero-order valence-electron chi connectivity index (χ0n) is 27.9. The first-order chi connectivity index (χ1) is 25.3. The molecule has 0 bridgehead atoms. The highest BCUT2D eigenvalue weighted by atomic mass is 16.3. The predicted molar refractivity (Wildman–Crippen MR) is 216 cm³/mol. The van der Waals surface area contributed by atoms with Crippen molar-refractivity contribution in [1.29, 1.82) is 0 Å². The molecule has 0 aliphatic carbocycles. The van der Waals surface area contributed by atoms with Gasteiger partial charge in [0, 0.05) is 10.8 Å². The van der Waals surface area contributed by atoms with Crippen molar-refractivity contribution >= 4 is 43.5 Å². The van der Waals surface area contributed by atoms with Gasteiger partial charge in [-0.05, 0) is 108 Å². The average molecular weight is 649 g/mol. The second-order valence-corrected chi connectivity index (χ2v) is 13.2. The third-order valence-electron chi connectivity index (χ3n) is 10.3. The van der Waals surface area contributed by atoms with Crippen LogP contribution in [0.2, 0.25) is 0 Å². The van der Waals surface area contributed by atoms with Crippen LogP contribution in [0.15, 0.2) is 199 Å². The molecule has 10 rings (SSSR count). The van der Waals surface area contributed by atoms with Crippen molar-refractivity contribution in [3.63, 3.8) is 0 Å². The van der Waals surface area contributed by atoms with Crippen LogP contribution in [-0.2, 0) is 0 Å². The van der Waals surface area contributed by atoms with E-state index in [1.807, 2.05) is 0 Å². The number of hydrogen-bond donors (Lipinski definition) is 0. The summed E-state index contributed by atoms with van der Waals surface area (Å²) in [6, 6.07) is 69.9. The summed E-state index contributed by atoms with van der Waals surface area (Å²) in [5.41, 5.74) is 13.9. The van der Waals surface area contributed by atoms with Crippen molar-refractivity contribution in [2.24, 2.45) is 0 Å². The van der Waals surface area contributed by atoms with E-state index in [0.717, 1.165) is 27.5 Å². The van der Waals surface area contributed by atoms with Gasteiger partial charge in [0.15, 0.2) is 0 Å². The van der Waals surface area contributed by atoms with Crippen LogP contribution in [-0.4, -0.2) is 0 Å². The molecule has 10 aromatic rings. The first kappa shape index (κ1) is 29.2. The highest BCUT2D eigenvalue weighted by molar-refractivity contribution is 6.22. The molecular formula is C50H32O. The van der Waals surface area contributed by atoms with Crippen molar-refractivity contribution < 1.29 is 4.42 Å². The maximum atomic E-state index is 6.49. The Bertz CT molecular complexity index is 2830. The van der Waals surface area contributed by atoms with Gasteiger partial charge in [-0.3, -0.25) is 0 Å². The van der Waals surface area contributed by atoms with Gasteiger partial charge in [0.1, 0.15) is 11.2 Å². The fourth-order valence-electron chi connectivity index (χ4n) is 7.92. The van der Waals surface area contributed by atoms with Gasteiger partial charge >= 0.3 is 0 Å². The molecule has 0 saturated heterocycles. The first-order valence-corrected chi connectivity index (χ1v) is 17.5. The van der Waals surface area contributed by atoms with Crippen LogP contribution in [0, 0.1) is 0 Å². The van der Waals surface area contributed by atoms with E-state index in [9.17, 15) is 0 Å². The van der Waals surface area contributed by atoms with Crippen molar-refractivity contribution in [2.75, 3.05) is 0 Å². The molecule has 0 aliphatic heterocycles. The lowest BCUT2D eigenvalue weighted by atomic mass is 9.85. The summed E-state index contributed by atoms with van der Waals surface area (Å²) in [4.78, 5) is 0. The van der Waals surface area contributed by atoms with Gasteiger partial charge in [-0.2, -0.15) is 0 Å². The van der Waals surface area contributed by atoms with Crippen molar-refractivity contribution in [2.45, 2.75) is 0 Å². The van der Waals surface area contributed by atoms with E-state index in [1.165, 1.54) is 71.6 Å². The second kappa shape index (κ2) is 12.0. The Morgan fingerprint density at radius 3 is 1.24 bits per heavy atom. The van der Waals surface area contributed by atoms with Crippen LogP contribution in [0.1, 0.15) is 0 Å². The normalized spacial score (nSPS) is 11.5. The fraction of sp³-hybridized carbons (Fsp3) is 0. The summed E-state index contributed by atoms with van der Waals surface area (Å²) in [5.74, 6) is 0. The number of benzene rings is 9. The molecular weight excluding hydrogens is 617 g/mol. The Kier molecular flexibility index (Phi) is 6.89. The summed E-state index contributed by atoms with van der Waals surface area (Å²) in [5, 5.41) is 7.22. The zero-order valence-corrected chi connectivity index (χ0v) is 27.9. The molecule has 1 nitrogen and oxygen atoms in total. The van der Waals surface area contributed by atoms with Gasteiger partial charge in [-0.1, -0.05) is 164 Å². The molecule has 1 heteroatoms. The molecule has 0 radical (unpaired) electrons. The quantitative estimate of drug-likeness (QED) is 0.169. The summed E-state index contributed by atoms with van der Waals surface area (Å²) >= 11 is 0. The lowest BCUT2D eigenvalue weighted by Crippen LogP contribution is -1.90. The third kappa shape index (κ3) is 4.94. The Balaban J connectivity index is 1.20. The van der Waals surface area contributed by atoms with E-state index in [1.54, 1.807) is 0 Å². The minimum Gasteiger partial charge on any atom is -0.456 e. The molecule has 0 spiro atoms. The smallest absolute Gasteiger partial charge is 0.135 e. The molecule has 0 unspecified atom stereocenters. The number of furan rings is 1. The van der Waals surface area contributed by atoms with Crippen LogP contribution in [0.3, 0.4) is 0 Å². The van der Waals surface area contributed by atoms with Gasteiger partial charge < -0.3 is 4.42 Å². The molecule has 1 aromatic heterocycles. The van der Waals surface area contributed by atoms with Crippen molar-refractivity contribution in [3.8, 4) is 55.6 Å². The van der Waals surface area contributed by atoms with E-state index in [4.69, 9.17) is 4.42 Å². The molecule has 0 N–H and O–H groups in total. The average Bonchev–Trinajstić information content (AvgIpc) is 3.58. The Hall–Kier alpha value is -6.70. The fourth-order valence-corrected chi connectivity index (χ4v) is 7.92. The van der Waals surface area contributed by atoms with Crippen LogP contribution >= 0.6 is 0 Å². The van der Waals surface area contributed by atoms with E-state index < -0.39 is 0 Å². The Morgan fingerprint density at radius 1 is 0.235 bits per heavy atom. The van der Waals surface area contributed by atoms with Gasteiger partial charge in [0.25, 0.3) is 0 Å².